The van der Waals surface area contributed by atoms with Crippen LogP contribution in [0.2, 0.25) is 0 Å². The van der Waals surface area contributed by atoms with Crippen molar-refractivity contribution in [2.45, 2.75) is 207 Å². The van der Waals surface area contributed by atoms with E-state index >= 15 is 0 Å². The maximum absolute atomic E-state index is 14.1. The summed E-state index contributed by atoms with van der Waals surface area (Å²) in [5.74, 6) is -0.753. The first-order valence-corrected chi connectivity index (χ1v) is 21.0. The van der Waals surface area contributed by atoms with Crippen molar-refractivity contribution in [3.05, 3.63) is 24.3 Å². The van der Waals surface area contributed by atoms with E-state index in [2.05, 4.69) is 27.0 Å². The zero-order chi connectivity index (χ0) is 37.5. The van der Waals surface area contributed by atoms with Gasteiger partial charge in [-0.3, -0.25) is 4.79 Å². The summed E-state index contributed by atoms with van der Waals surface area (Å²) >= 11 is 0. The van der Waals surface area contributed by atoms with Gasteiger partial charge in [-0.25, -0.2) is 0 Å². The number of methoxy groups -OCH3 is 1. The summed E-state index contributed by atoms with van der Waals surface area (Å²) in [5, 5.41) is 20.1. The molecule has 10 heterocycles. The van der Waals surface area contributed by atoms with Gasteiger partial charge in [0.05, 0.1) is 67.6 Å². The van der Waals surface area contributed by atoms with E-state index < -0.39 is 29.7 Å². The fourth-order valence-corrected chi connectivity index (χ4v) is 11.9. The second kappa shape index (κ2) is 14.8. The van der Waals surface area contributed by atoms with E-state index in [0.29, 0.717) is 25.7 Å². The molecule has 19 atom stereocenters. The highest BCUT2D eigenvalue weighted by Gasteiger charge is 2.74. The largest absolute Gasteiger partial charge is 0.394 e. The Kier molecular flexibility index (Phi) is 10.5. The van der Waals surface area contributed by atoms with E-state index in [4.69, 9.17) is 42.6 Å². The van der Waals surface area contributed by atoms with Crippen molar-refractivity contribution in [2.75, 3.05) is 13.7 Å². The molecule has 302 valence electrons. The normalized spacial score (nSPS) is 52.3. The standard InChI is InChI=1S/C42H62O12/c1-6-41-20-42-12-11-28-14-22(3)30(47-28)9-7-26-13-21(2)23(4)32(48-26)18-33-29(35(46-5)34(50-33)17-25(45)19-43)16-24(44)15-27-8-10-31-36(49-27)37(53-42)38(52-41)39(51-31)40(41)54-42/h21,25-40,43,45H,3-4,6-20H2,1-2,5H3/t21-,25?,26?,27?,28?,29?,30+,31+,32-,33-,34-,35?,36-,37+,38?,39?,40?,41-,42-/m1/s1. The van der Waals surface area contributed by atoms with Crippen molar-refractivity contribution in [3.8, 4) is 0 Å². The van der Waals surface area contributed by atoms with E-state index in [1.165, 1.54) is 0 Å². The fourth-order valence-electron chi connectivity index (χ4n) is 11.9. The number of carbonyl (C=O) groups excluding carboxylic acids is 1. The van der Waals surface area contributed by atoms with Crippen LogP contribution < -0.4 is 0 Å². The van der Waals surface area contributed by atoms with Crippen molar-refractivity contribution in [2.24, 2.45) is 11.8 Å². The first-order chi connectivity index (χ1) is 26.0. The number of hydrogen-bond donors (Lipinski definition) is 2. The van der Waals surface area contributed by atoms with Crippen LogP contribution in [0.15, 0.2) is 24.3 Å². The lowest BCUT2D eigenvalue weighted by molar-refractivity contribution is -0.294. The summed E-state index contributed by atoms with van der Waals surface area (Å²) in [5.41, 5.74) is 1.70. The first kappa shape index (κ1) is 38.2. The monoisotopic (exact) mass is 758 g/mol. The lowest BCUT2D eigenvalue weighted by atomic mass is 9.81. The second-order valence-electron chi connectivity index (χ2n) is 18.2. The Bertz CT molecular complexity index is 1440. The Morgan fingerprint density at radius 2 is 1.61 bits per heavy atom. The summed E-state index contributed by atoms with van der Waals surface area (Å²) in [6.45, 7) is 12.9. The van der Waals surface area contributed by atoms with Crippen LogP contribution in [0.25, 0.3) is 0 Å². The van der Waals surface area contributed by atoms with Crippen LogP contribution in [0, 0.1) is 11.8 Å². The van der Waals surface area contributed by atoms with Crippen LogP contribution in [-0.2, 0) is 47.4 Å². The molecule has 12 bridgehead atoms. The molecule has 10 aliphatic heterocycles. The van der Waals surface area contributed by atoms with Gasteiger partial charge >= 0.3 is 0 Å². The zero-order valence-corrected chi connectivity index (χ0v) is 32.3. The topological polar surface area (TPSA) is 141 Å². The van der Waals surface area contributed by atoms with E-state index in [1.54, 1.807) is 7.11 Å². The maximum Gasteiger partial charge on any atom is 0.172 e. The smallest absolute Gasteiger partial charge is 0.172 e. The summed E-state index contributed by atoms with van der Waals surface area (Å²) in [7, 11) is 1.63. The fraction of sp³-hybridized carbons (Fsp3) is 0.881. The van der Waals surface area contributed by atoms with E-state index in [1.807, 2.05) is 0 Å². The number of Topliss-reactive ketones (excluding diaryl/α,β-unsaturated/α-hetero) is 1. The van der Waals surface area contributed by atoms with Gasteiger partial charge in [-0.15, -0.1) is 0 Å². The van der Waals surface area contributed by atoms with Gasteiger partial charge in [0, 0.05) is 51.6 Å². The van der Waals surface area contributed by atoms with Gasteiger partial charge < -0.3 is 52.8 Å². The molecule has 0 aromatic heterocycles. The Labute approximate surface area is 319 Å². The predicted octanol–water partition coefficient (Wildman–Crippen LogP) is 4.25. The Hall–Kier alpha value is -1.29. The molecule has 10 saturated heterocycles. The number of ether oxygens (including phenoxy) is 9. The molecule has 12 heteroatoms. The van der Waals surface area contributed by atoms with Gasteiger partial charge in [-0.05, 0) is 68.4 Å². The Balaban J connectivity index is 1.01. The summed E-state index contributed by atoms with van der Waals surface area (Å²) < 4.78 is 60.8. The molecule has 2 N–H and O–H groups in total. The van der Waals surface area contributed by atoms with E-state index in [-0.39, 0.29) is 117 Å². The molecule has 0 aromatic carbocycles. The van der Waals surface area contributed by atoms with Crippen LogP contribution in [0.1, 0.15) is 104 Å². The Morgan fingerprint density at radius 3 is 2.41 bits per heavy atom. The third-order valence-electron chi connectivity index (χ3n) is 14.7. The molecule has 54 heavy (non-hydrogen) atoms. The molecule has 12 nitrogen and oxygen atoms in total. The molecule has 10 fully saturated rings. The minimum absolute atomic E-state index is 0.0242. The number of ketones is 1. The minimum atomic E-state index is -0.954. The molecular formula is C42H62O12. The Morgan fingerprint density at radius 1 is 0.833 bits per heavy atom. The first-order valence-electron chi connectivity index (χ1n) is 21.0. The molecule has 0 radical (unpaired) electrons. The average Bonchev–Trinajstić information content (AvgIpc) is 3.81. The molecule has 0 aromatic rings. The highest BCUT2D eigenvalue weighted by molar-refractivity contribution is 5.79. The third-order valence-corrected chi connectivity index (χ3v) is 14.7. The number of fused-ring (bicyclic) bond motifs is 6. The van der Waals surface area contributed by atoms with Crippen LogP contribution >= 0.6 is 0 Å². The van der Waals surface area contributed by atoms with Gasteiger partial charge in [-0.1, -0.05) is 27.0 Å². The van der Waals surface area contributed by atoms with Crippen molar-refractivity contribution in [1.29, 1.82) is 0 Å². The SMILES string of the molecule is C=C1CC2CC[C@@]34C[C@@]5(CC)OC6C(O[C@H]7CCC(CC(=O)CC8C(OC)[C@@H](CC(O)CO)O[C@@H]8C[C@H]8OC(CC[C@@H]1O2)C[C@@H](C)C8=C)O[C@H]7[C@@H]6O3)C5O4. The molecule has 9 unspecified atom stereocenters. The van der Waals surface area contributed by atoms with Crippen molar-refractivity contribution >= 4 is 5.78 Å². The third kappa shape index (κ3) is 6.70. The summed E-state index contributed by atoms with van der Waals surface area (Å²) in [6, 6.07) is 0. The van der Waals surface area contributed by atoms with Crippen molar-refractivity contribution in [3.63, 3.8) is 0 Å². The average molecular weight is 759 g/mol. The number of aliphatic hydroxyl groups excluding tert-OH is 2. The maximum atomic E-state index is 14.1. The molecule has 0 saturated carbocycles. The van der Waals surface area contributed by atoms with E-state index in [0.717, 1.165) is 56.1 Å². The lowest BCUT2D eigenvalue weighted by Gasteiger charge is -2.47. The highest BCUT2D eigenvalue weighted by atomic mass is 16.8. The van der Waals surface area contributed by atoms with Crippen molar-refractivity contribution in [1.82, 2.24) is 0 Å². The van der Waals surface area contributed by atoms with Gasteiger partial charge in [0.2, 0.25) is 0 Å². The van der Waals surface area contributed by atoms with Gasteiger partial charge in [0.15, 0.2) is 5.79 Å². The predicted molar refractivity (Wildman–Crippen MR) is 194 cm³/mol. The zero-order valence-electron chi connectivity index (χ0n) is 32.3. The second-order valence-corrected chi connectivity index (χ2v) is 18.2. The van der Waals surface area contributed by atoms with Crippen molar-refractivity contribution < 1.29 is 57.6 Å². The molecule has 10 aliphatic rings. The van der Waals surface area contributed by atoms with Crippen LogP contribution in [0.5, 0.6) is 0 Å². The number of hydrogen-bond acceptors (Lipinski definition) is 12. The van der Waals surface area contributed by atoms with Gasteiger partial charge in [0.1, 0.15) is 41.9 Å². The number of rotatable bonds is 5. The molecule has 0 amide bonds. The van der Waals surface area contributed by atoms with Gasteiger partial charge in [-0.2, -0.15) is 0 Å². The highest BCUT2D eigenvalue weighted by Crippen LogP contribution is 2.60. The number of aliphatic hydroxyl groups is 2. The molecular weight excluding hydrogens is 696 g/mol. The molecule has 10 rings (SSSR count). The van der Waals surface area contributed by atoms with Crippen LogP contribution in [0.3, 0.4) is 0 Å². The van der Waals surface area contributed by atoms with E-state index in [9.17, 15) is 15.0 Å². The quantitative estimate of drug-likeness (QED) is 0.388. The van der Waals surface area contributed by atoms with Gasteiger partial charge in [0.25, 0.3) is 0 Å². The lowest BCUT2D eigenvalue weighted by Crippen LogP contribution is -2.61. The van der Waals surface area contributed by atoms with Crippen LogP contribution in [0.4, 0.5) is 0 Å². The minimum Gasteiger partial charge on any atom is -0.394 e. The molecule has 1 spiro atoms. The summed E-state index contributed by atoms with van der Waals surface area (Å²) in [4.78, 5) is 14.1. The van der Waals surface area contributed by atoms with Crippen LogP contribution in [-0.4, -0.2) is 133 Å². The molecule has 0 aliphatic carbocycles. The summed E-state index contributed by atoms with van der Waals surface area (Å²) in [6.07, 6.45) is 4.64. The number of carbonyl (C=O) groups is 1.